The van der Waals surface area contributed by atoms with Crippen LogP contribution in [0, 0.1) is 0 Å². The number of hydrogen-bond donors (Lipinski definition) is 1. The standard InChI is InChI=1S/C12H12N2O/c15-10-13-11-5-4-8-14(9-11)12-6-2-1-3-7-12/h1-4,6-10H,5H2,(H,13,15). The molecule has 3 nitrogen and oxygen atoms in total. The molecule has 0 atom stereocenters. The number of benzene rings is 1. The predicted octanol–water partition coefficient (Wildman–Crippen LogP) is 2.00. The van der Waals surface area contributed by atoms with Gasteiger partial charge in [-0.15, -0.1) is 0 Å². The van der Waals surface area contributed by atoms with Crippen LogP contribution in [0.5, 0.6) is 0 Å². The molecule has 1 heterocycles. The Kier molecular flexibility index (Phi) is 2.83. The summed E-state index contributed by atoms with van der Waals surface area (Å²) in [5.74, 6) is 0. The molecule has 1 aromatic rings. The van der Waals surface area contributed by atoms with Crippen LogP contribution in [0.4, 0.5) is 5.69 Å². The van der Waals surface area contributed by atoms with Crippen molar-refractivity contribution in [1.29, 1.82) is 0 Å². The molecule has 0 saturated carbocycles. The average Bonchev–Trinajstić information content (AvgIpc) is 2.31. The van der Waals surface area contributed by atoms with Gasteiger partial charge in [0.25, 0.3) is 0 Å². The van der Waals surface area contributed by atoms with E-state index in [4.69, 9.17) is 0 Å². The van der Waals surface area contributed by atoms with Crippen LogP contribution >= 0.6 is 0 Å². The van der Waals surface area contributed by atoms with Crippen LogP contribution in [0.1, 0.15) is 6.42 Å². The van der Waals surface area contributed by atoms with E-state index in [-0.39, 0.29) is 0 Å². The van der Waals surface area contributed by atoms with Gasteiger partial charge in [0, 0.05) is 30.2 Å². The molecule has 0 unspecified atom stereocenters. The van der Waals surface area contributed by atoms with Crippen LogP contribution in [-0.2, 0) is 4.79 Å². The van der Waals surface area contributed by atoms with E-state index in [2.05, 4.69) is 5.32 Å². The maximum Gasteiger partial charge on any atom is 0.211 e. The minimum absolute atomic E-state index is 0.703. The summed E-state index contributed by atoms with van der Waals surface area (Å²) >= 11 is 0. The first kappa shape index (κ1) is 9.52. The third kappa shape index (κ3) is 2.26. The van der Waals surface area contributed by atoms with Gasteiger partial charge >= 0.3 is 0 Å². The van der Waals surface area contributed by atoms with Crippen LogP contribution < -0.4 is 10.2 Å². The number of rotatable bonds is 3. The Morgan fingerprint density at radius 2 is 2.07 bits per heavy atom. The summed E-state index contributed by atoms with van der Waals surface area (Å²) in [6, 6.07) is 9.98. The fourth-order valence-electron chi connectivity index (χ4n) is 1.49. The monoisotopic (exact) mass is 200 g/mol. The number of carbonyl (C=O) groups is 1. The zero-order valence-corrected chi connectivity index (χ0v) is 8.26. The lowest BCUT2D eigenvalue weighted by Gasteiger charge is -2.20. The molecule has 0 aromatic heterocycles. The molecule has 2 rings (SSSR count). The summed E-state index contributed by atoms with van der Waals surface area (Å²) in [6.07, 6.45) is 7.39. The van der Waals surface area contributed by atoms with Gasteiger partial charge < -0.3 is 10.2 Å². The number of nitrogens with one attached hydrogen (secondary N) is 1. The van der Waals surface area contributed by atoms with E-state index in [1.807, 2.05) is 53.7 Å². The Morgan fingerprint density at radius 1 is 1.27 bits per heavy atom. The molecule has 1 amide bonds. The quantitative estimate of drug-likeness (QED) is 0.757. The number of hydrogen-bond acceptors (Lipinski definition) is 2. The highest BCUT2D eigenvalue weighted by Crippen LogP contribution is 2.18. The lowest BCUT2D eigenvalue weighted by molar-refractivity contribution is -0.108. The van der Waals surface area contributed by atoms with Gasteiger partial charge in [0.15, 0.2) is 0 Å². The van der Waals surface area contributed by atoms with E-state index < -0.39 is 0 Å². The van der Waals surface area contributed by atoms with E-state index in [0.29, 0.717) is 6.41 Å². The molecule has 1 N–H and O–H groups in total. The van der Waals surface area contributed by atoms with Crippen molar-refractivity contribution in [3.63, 3.8) is 0 Å². The Hall–Kier alpha value is -2.03. The third-order valence-electron chi connectivity index (χ3n) is 2.20. The van der Waals surface area contributed by atoms with Crippen molar-refractivity contribution in [3.05, 3.63) is 54.5 Å². The van der Waals surface area contributed by atoms with E-state index >= 15 is 0 Å². The van der Waals surface area contributed by atoms with Gasteiger partial charge in [-0.3, -0.25) is 4.79 Å². The van der Waals surface area contributed by atoms with E-state index in [0.717, 1.165) is 17.8 Å². The maximum absolute atomic E-state index is 10.3. The number of anilines is 1. The van der Waals surface area contributed by atoms with Gasteiger partial charge in [0.2, 0.25) is 6.41 Å². The first-order chi connectivity index (χ1) is 7.40. The minimum atomic E-state index is 0.703. The van der Waals surface area contributed by atoms with Crippen LogP contribution in [-0.4, -0.2) is 6.41 Å². The first-order valence-electron chi connectivity index (χ1n) is 4.81. The molecule has 0 fully saturated rings. The molecular formula is C12H12N2O. The lowest BCUT2D eigenvalue weighted by Crippen LogP contribution is -2.18. The number of amides is 1. The van der Waals surface area contributed by atoms with Crippen molar-refractivity contribution in [2.75, 3.05) is 4.90 Å². The minimum Gasteiger partial charge on any atom is -0.331 e. The number of allylic oxidation sites excluding steroid dienone is 1. The van der Waals surface area contributed by atoms with Crippen LogP contribution in [0.15, 0.2) is 54.5 Å². The fourth-order valence-corrected chi connectivity index (χ4v) is 1.49. The van der Waals surface area contributed by atoms with Crippen LogP contribution in [0.2, 0.25) is 0 Å². The molecule has 3 heteroatoms. The number of carbonyl (C=O) groups excluding carboxylic acids is 1. The van der Waals surface area contributed by atoms with Crippen molar-refractivity contribution in [1.82, 2.24) is 5.32 Å². The Balaban J connectivity index is 2.19. The van der Waals surface area contributed by atoms with Gasteiger partial charge in [0.1, 0.15) is 0 Å². The van der Waals surface area contributed by atoms with E-state index in [1.165, 1.54) is 0 Å². The maximum atomic E-state index is 10.3. The molecule has 1 aliphatic heterocycles. The summed E-state index contributed by atoms with van der Waals surface area (Å²) in [5, 5.41) is 2.67. The number of nitrogens with zero attached hydrogens (tertiary/aromatic N) is 1. The SMILES string of the molecule is O=CNC1=CN(c2ccccc2)C=CC1. The molecule has 1 aliphatic rings. The highest BCUT2D eigenvalue weighted by Gasteiger charge is 2.05. The smallest absolute Gasteiger partial charge is 0.211 e. The normalized spacial score (nSPS) is 14.7. The summed E-state index contributed by atoms with van der Waals surface area (Å²) in [4.78, 5) is 12.3. The number of para-hydroxylation sites is 1. The first-order valence-corrected chi connectivity index (χ1v) is 4.81. The predicted molar refractivity (Wildman–Crippen MR) is 60.0 cm³/mol. The second kappa shape index (κ2) is 4.46. The van der Waals surface area contributed by atoms with Gasteiger partial charge in [-0.1, -0.05) is 24.3 Å². The van der Waals surface area contributed by atoms with Crippen molar-refractivity contribution < 1.29 is 4.79 Å². The van der Waals surface area contributed by atoms with Gasteiger partial charge in [-0.2, -0.15) is 0 Å². The summed E-state index contributed by atoms with van der Waals surface area (Å²) in [6.45, 7) is 0. The molecule has 0 bridgehead atoms. The largest absolute Gasteiger partial charge is 0.331 e. The van der Waals surface area contributed by atoms with Gasteiger partial charge in [-0.25, -0.2) is 0 Å². The molecule has 0 aliphatic carbocycles. The Morgan fingerprint density at radius 3 is 2.80 bits per heavy atom. The van der Waals surface area contributed by atoms with Crippen molar-refractivity contribution in [3.8, 4) is 0 Å². The van der Waals surface area contributed by atoms with Crippen molar-refractivity contribution >= 4 is 12.1 Å². The Labute approximate surface area is 88.7 Å². The zero-order chi connectivity index (χ0) is 10.5. The average molecular weight is 200 g/mol. The summed E-state index contributed by atoms with van der Waals surface area (Å²) in [7, 11) is 0. The fraction of sp³-hybridized carbons (Fsp3) is 0.0833. The summed E-state index contributed by atoms with van der Waals surface area (Å²) in [5.41, 5.74) is 1.98. The van der Waals surface area contributed by atoms with Crippen molar-refractivity contribution in [2.45, 2.75) is 6.42 Å². The molecule has 0 radical (unpaired) electrons. The molecular weight excluding hydrogens is 188 g/mol. The third-order valence-corrected chi connectivity index (χ3v) is 2.20. The van der Waals surface area contributed by atoms with E-state index in [1.54, 1.807) is 0 Å². The molecule has 0 spiro atoms. The van der Waals surface area contributed by atoms with Crippen molar-refractivity contribution in [2.24, 2.45) is 0 Å². The molecule has 1 aromatic carbocycles. The second-order valence-corrected chi connectivity index (χ2v) is 3.25. The molecule has 76 valence electrons. The van der Waals surface area contributed by atoms with Gasteiger partial charge in [-0.05, 0) is 12.1 Å². The lowest BCUT2D eigenvalue weighted by atomic mass is 10.2. The molecule has 15 heavy (non-hydrogen) atoms. The highest BCUT2D eigenvalue weighted by atomic mass is 16.1. The van der Waals surface area contributed by atoms with E-state index in [9.17, 15) is 4.79 Å². The second-order valence-electron chi connectivity index (χ2n) is 3.25. The summed E-state index contributed by atoms with van der Waals surface area (Å²) < 4.78 is 0. The van der Waals surface area contributed by atoms with Gasteiger partial charge in [0.05, 0.1) is 0 Å². The topological polar surface area (TPSA) is 32.3 Å². The zero-order valence-electron chi connectivity index (χ0n) is 8.26. The van der Waals surface area contributed by atoms with Crippen LogP contribution in [0.3, 0.4) is 0 Å². The molecule has 0 saturated heterocycles. The van der Waals surface area contributed by atoms with Crippen LogP contribution in [0.25, 0.3) is 0 Å². The Bertz CT molecular complexity index is 391. The highest BCUT2D eigenvalue weighted by molar-refractivity contribution is 5.56.